The second-order valence-electron chi connectivity index (χ2n) is 5.64. The van der Waals surface area contributed by atoms with Gasteiger partial charge in [-0.2, -0.15) is 5.26 Å². The average molecular weight is 287 g/mol. The van der Waals surface area contributed by atoms with Gasteiger partial charge in [0.2, 0.25) is 5.91 Å². The van der Waals surface area contributed by atoms with Crippen molar-refractivity contribution in [3.05, 3.63) is 18.1 Å². The first-order valence-electron chi connectivity index (χ1n) is 7.35. The first kappa shape index (κ1) is 15.2. The molecule has 1 aromatic heterocycles. The van der Waals surface area contributed by atoms with Gasteiger partial charge in [-0.3, -0.25) is 4.79 Å². The fraction of sp³-hybridized carbons (Fsp3) is 0.600. The summed E-state index contributed by atoms with van der Waals surface area (Å²) in [5.74, 6) is 1.39. The topological polar surface area (TPSA) is 73.1 Å². The van der Waals surface area contributed by atoms with Gasteiger partial charge in [0.05, 0.1) is 0 Å². The van der Waals surface area contributed by atoms with Crippen LogP contribution in [0, 0.1) is 17.2 Å². The first-order valence-corrected chi connectivity index (χ1v) is 7.35. The predicted octanol–water partition coefficient (Wildman–Crippen LogP) is 1.43. The molecule has 0 saturated carbocycles. The SMILES string of the molecule is CC(C)CCC(=O)N1CCN(c2nccnc2C#N)CC1. The smallest absolute Gasteiger partial charge is 0.222 e. The van der Waals surface area contributed by atoms with E-state index in [1.54, 1.807) is 6.20 Å². The van der Waals surface area contributed by atoms with E-state index in [-0.39, 0.29) is 5.91 Å². The molecule has 112 valence electrons. The summed E-state index contributed by atoms with van der Waals surface area (Å²) < 4.78 is 0. The van der Waals surface area contributed by atoms with Gasteiger partial charge in [0, 0.05) is 45.0 Å². The van der Waals surface area contributed by atoms with E-state index in [0.717, 1.165) is 6.42 Å². The highest BCUT2D eigenvalue weighted by atomic mass is 16.2. The Morgan fingerprint density at radius 3 is 2.57 bits per heavy atom. The van der Waals surface area contributed by atoms with Crippen molar-refractivity contribution in [3.8, 4) is 6.07 Å². The van der Waals surface area contributed by atoms with E-state index in [1.165, 1.54) is 6.20 Å². The summed E-state index contributed by atoms with van der Waals surface area (Å²) in [6, 6.07) is 2.06. The molecule has 0 radical (unpaired) electrons. The molecule has 0 atom stereocenters. The molecule has 1 fully saturated rings. The minimum Gasteiger partial charge on any atom is -0.351 e. The fourth-order valence-corrected chi connectivity index (χ4v) is 2.38. The lowest BCUT2D eigenvalue weighted by Crippen LogP contribution is -2.49. The van der Waals surface area contributed by atoms with Crippen LogP contribution >= 0.6 is 0 Å². The van der Waals surface area contributed by atoms with Crippen molar-refractivity contribution in [3.63, 3.8) is 0 Å². The summed E-state index contributed by atoms with van der Waals surface area (Å²) in [4.78, 5) is 24.3. The molecular weight excluding hydrogens is 266 g/mol. The molecule has 1 saturated heterocycles. The molecule has 1 amide bonds. The molecule has 1 aliphatic heterocycles. The average Bonchev–Trinajstić information content (AvgIpc) is 2.52. The van der Waals surface area contributed by atoms with E-state index in [1.807, 2.05) is 9.80 Å². The summed E-state index contributed by atoms with van der Waals surface area (Å²) in [7, 11) is 0. The molecule has 0 bridgehead atoms. The van der Waals surface area contributed by atoms with Crippen LogP contribution in [0.5, 0.6) is 0 Å². The normalized spacial score (nSPS) is 15.1. The molecular formula is C15H21N5O. The van der Waals surface area contributed by atoms with Crippen LogP contribution in [0.4, 0.5) is 5.82 Å². The van der Waals surface area contributed by atoms with Crippen molar-refractivity contribution in [1.82, 2.24) is 14.9 Å². The van der Waals surface area contributed by atoms with Crippen molar-refractivity contribution in [2.24, 2.45) is 5.92 Å². The lowest BCUT2D eigenvalue weighted by Gasteiger charge is -2.35. The molecule has 1 aliphatic rings. The van der Waals surface area contributed by atoms with E-state index >= 15 is 0 Å². The third-order valence-corrected chi connectivity index (χ3v) is 3.65. The van der Waals surface area contributed by atoms with Gasteiger partial charge < -0.3 is 9.80 Å². The molecule has 2 rings (SSSR count). The molecule has 2 heterocycles. The minimum atomic E-state index is 0.225. The van der Waals surface area contributed by atoms with E-state index in [2.05, 4.69) is 29.9 Å². The number of rotatable bonds is 4. The Bertz CT molecular complexity index is 529. The Morgan fingerprint density at radius 1 is 1.29 bits per heavy atom. The van der Waals surface area contributed by atoms with Gasteiger partial charge in [0.25, 0.3) is 0 Å². The van der Waals surface area contributed by atoms with E-state index in [9.17, 15) is 4.79 Å². The van der Waals surface area contributed by atoms with Crippen molar-refractivity contribution in [2.45, 2.75) is 26.7 Å². The number of carbonyl (C=O) groups is 1. The molecule has 1 aromatic rings. The second kappa shape index (κ2) is 7.02. The van der Waals surface area contributed by atoms with Crippen LogP contribution in [-0.2, 0) is 4.79 Å². The molecule has 0 aromatic carbocycles. The van der Waals surface area contributed by atoms with E-state index in [0.29, 0.717) is 50.0 Å². The quantitative estimate of drug-likeness (QED) is 0.837. The number of nitriles is 1. The van der Waals surface area contributed by atoms with Crippen molar-refractivity contribution < 1.29 is 4.79 Å². The highest BCUT2D eigenvalue weighted by molar-refractivity contribution is 5.76. The predicted molar refractivity (Wildman–Crippen MR) is 79.6 cm³/mol. The van der Waals surface area contributed by atoms with Gasteiger partial charge in [-0.25, -0.2) is 9.97 Å². The highest BCUT2D eigenvalue weighted by Crippen LogP contribution is 2.17. The standard InChI is InChI=1S/C15H21N5O/c1-12(2)3-4-14(21)19-7-9-20(10-8-19)15-13(11-16)17-5-6-18-15/h5-6,12H,3-4,7-10H2,1-2H3. The third-order valence-electron chi connectivity index (χ3n) is 3.65. The number of aromatic nitrogens is 2. The van der Waals surface area contributed by atoms with Gasteiger partial charge in [-0.15, -0.1) is 0 Å². The monoisotopic (exact) mass is 287 g/mol. The fourth-order valence-electron chi connectivity index (χ4n) is 2.38. The number of nitrogens with zero attached hydrogens (tertiary/aromatic N) is 5. The lowest BCUT2D eigenvalue weighted by atomic mass is 10.1. The van der Waals surface area contributed by atoms with Crippen molar-refractivity contribution in [2.75, 3.05) is 31.1 Å². The summed E-state index contributed by atoms with van der Waals surface area (Å²) in [6.45, 7) is 7.00. The molecule has 6 heteroatoms. The first-order chi connectivity index (χ1) is 10.1. The summed E-state index contributed by atoms with van der Waals surface area (Å²) >= 11 is 0. The summed E-state index contributed by atoms with van der Waals surface area (Å²) in [6.07, 6.45) is 4.66. The highest BCUT2D eigenvalue weighted by Gasteiger charge is 2.23. The summed E-state index contributed by atoms with van der Waals surface area (Å²) in [5, 5.41) is 9.07. The van der Waals surface area contributed by atoms with Gasteiger partial charge in [-0.1, -0.05) is 13.8 Å². The number of piperazine rings is 1. The van der Waals surface area contributed by atoms with Crippen molar-refractivity contribution in [1.29, 1.82) is 5.26 Å². The van der Waals surface area contributed by atoms with Gasteiger partial charge >= 0.3 is 0 Å². The summed E-state index contributed by atoms with van der Waals surface area (Å²) in [5.41, 5.74) is 0.345. The Kier molecular flexibility index (Phi) is 5.09. The number of hydrogen-bond acceptors (Lipinski definition) is 5. The van der Waals surface area contributed by atoms with E-state index < -0.39 is 0 Å². The molecule has 0 N–H and O–H groups in total. The zero-order chi connectivity index (χ0) is 15.2. The third kappa shape index (κ3) is 3.91. The van der Waals surface area contributed by atoms with Crippen LogP contribution in [0.25, 0.3) is 0 Å². The van der Waals surface area contributed by atoms with Crippen LogP contribution in [0.3, 0.4) is 0 Å². The Hall–Kier alpha value is -2.16. The number of carbonyl (C=O) groups excluding carboxylic acids is 1. The maximum absolute atomic E-state index is 12.1. The van der Waals surface area contributed by atoms with Gasteiger partial charge in [0.15, 0.2) is 11.5 Å². The largest absolute Gasteiger partial charge is 0.351 e. The van der Waals surface area contributed by atoms with Crippen molar-refractivity contribution >= 4 is 11.7 Å². The van der Waals surface area contributed by atoms with Gasteiger partial charge in [-0.05, 0) is 12.3 Å². The van der Waals surface area contributed by atoms with Crippen LogP contribution < -0.4 is 4.90 Å². The Balaban J connectivity index is 1.91. The number of hydrogen-bond donors (Lipinski definition) is 0. The number of amides is 1. The molecule has 21 heavy (non-hydrogen) atoms. The Morgan fingerprint density at radius 2 is 1.95 bits per heavy atom. The lowest BCUT2D eigenvalue weighted by molar-refractivity contribution is -0.131. The Labute approximate surface area is 125 Å². The van der Waals surface area contributed by atoms with Crippen LogP contribution in [0.2, 0.25) is 0 Å². The van der Waals surface area contributed by atoms with Crippen LogP contribution in [-0.4, -0.2) is 47.0 Å². The number of anilines is 1. The molecule has 0 unspecified atom stereocenters. The maximum Gasteiger partial charge on any atom is 0.222 e. The molecule has 0 aliphatic carbocycles. The van der Waals surface area contributed by atoms with Crippen LogP contribution in [0.1, 0.15) is 32.4 Å². The molecule has 6 nitrogen and oxygen atoms in total. The second-order valence-corrected chi connectivity index (χ2v) is 5.64. The zero-order valence-electron chi connectivity index (χ0n) is 12.6. The minimum absolute atomic E-state index is 0.225. The van der Waals surface area contributed by atoms with Crippen LogP contribution in [0.15, 0.2) is 12.4 Å². The van der Waals surface area contributed by atoms with E-state index in [4.69, 9.17) is 5.26 Å². The van der Waals surface area contributed by atoms with Gasteiger partial charge in [0.1, 0.15) is 6.07 Å². The maximum atomic E-state index is 12.1. The zero-order valence-corrected chi connectivity index (χ0v) is 12.6. The molecule has 0 spiro atoms.